The first kappa shape index (κ1) is 22.7. The van der Waals surface area contributed by atoms with E-state index >= 15 is 0 Å². The van der Waals surface area contributed by atoms with Crippen molar-refractivity contribution in [2.45, 2.75) is 91.0 Å². The summed E-state index contributed by atoms with van der Waals surface area (Å²) >= 11 is 3.38. The largest absolute Gasteiger partial charge is 0.309 e. The molecule has 1 aliphatic heterocycles. The van der Waals surface area contributed by atoms with E-state index in [0.29, 0.717) is 16.6 Å². The first-order chi connectivity index (χ1) is 14.0. The molecule has 2 N–H and O–H groups in total. The molecule has 0 aromatic carbocycles. The summed E-state index contributed by atoms with van der Waals surface area (Å²) in [6.45, 7) is 7.90. The number of unbranched alkanes of at least 4 members (excludes halogenated alkanes) is 3. The zero-order valence-electron chi connectivity index (χ0n) is 18.4. The van der Waals surface area contributed by atoms with Crippen molar-refractivity contribution in [3.05, 3.63) is 22.8 Å². The van der Waals surface area contributed by atoms with Gasteiger partial charge < -0.3 is 10.6 Å². The quantitative estimate of drug-likeness (QED) is 0.377. The van der Waals surface area contributed by atoms with E-state index in [-0.39, 0.29) is 11.9 Å². The van der Waals surface area contributed by atoms with Crippen molar-refractivity contribution in [3.63, 3.8) is 0 Å². The van der Waals surface area contributed by atoms with Crippen LogP contribution in [0.5, 0.6) is 0 Å². The van der Waals surface area contributed by atoms with Crippen molar-refractivity contribution in [3.8, 4) is 0 Å². The van der Waals surface area contributed by atoms with Crippen LogP contribution < -0.4 is 10.6 Å². The highest BCUT2D eigenvalue weighted by atomic mass is 79.9. The second kappa shape index (κ2) is 9.91. The van der Waals surface area contributed by atoms with Gasteiger partial charge in [0.1, 0.15) is 10.4 Å². The Labute approximate surface area is 185 Å². The number of aromatic nitrogens is 1. The van der Waals surface area contributed by atoms with Crippen molar-refractivity contribution in [2.75, 3.05) is 11.9 Å². The lowest BCUT2D eigenvalue weighted by Gasteiger charge is -2.22. The Hall–Kier alpha value is -0.940. The van der Waals surface area contributed by atoms with Gasteiger partial charge in [-0.15, -0.1) is 0 Å². The molecular formula is C24H38BrN3O. The fourth-order valence-electron chi connectivity index (χ4n) is 6.09. The highest BCUT2D eigenvalue weighted by molar-refractivity contribution is 9.10. The third-order valence-electron chi connectivity index (χ3n) is 7.56. The molecule has 4 nitrogen and oxygen atoms in total. The number of nitrogens with zero attached hydrogens (tertiary/aromatic N) is 1. The molecule has 2 aliphatic rings. The van der Waals surface area contributed by atoms with Gasteiger partial charge in [-0.2, -0.15) is 0 Å². The minimum Gasteiger partial charge on any atom is -0.309 e. The maximum absolute atomic E-state index is 13.0. The van der Waals surface area contributed by atoms with Crippen LogP contribution in [0.1, 0.15) is 85.0 Å². The first-order valence-electron chi connectivity index (χ1n) is 11.7. The van der Waals surface area contributed by atoms with Gasteiger partial charge in [-0.25, -0.2) is 4.98 Å². The van der Waals surface area contributed by atoms with Crippen molar-refractivity contribution in [2.24, 2.45) is 16.7 Å². The summed E-state index contributed by atoms with van der Waals surface area (Å²) in [6.07, 6.45) is 12.7. The number of hydrogen-bond acceptors (Lipinski definition) is 3. The van der Waals surface area contributed by atoms with Crippen LogP contribution in [-0.2, 0) is 4.79 Å². The highest BCUT2D eigenvalue weighted by Gasteiger charge is 2.75. The molecular weight excluding hydrogens is 426 g/mol. The Kier molecular flexibility index (Phi) is 7.77. The number of hydrogen-bond donors (Lipinski definition) is 2. The van der Waals surface area contributed by atoms with Crippen molar-refractivity contribution in [1.29, 1.82) is 0 Å². The fourth-order valence-corrected chi connectivity index (χ4v) is 6.44. The number of halogens is 1. The Balaban J connectivity index is 1.73. The van der Waals surface area contributed by atoms with Crippen LogP contribution in [0.2, 0.25) is 0 Å². The van der Waals surface area contributed by atoms with Gasteiger partial charge in [-0.1, -0.05) is 65.4 Å². The maximum atomic E-state index is 13.0. The molecule has 5 heteroatoms. The maximum Gasteiger partial charge on any atom is 0.242 e. The second-order valence-electron chi connectivity index (χ2n) is 9.19. The first-order valence-corrected chi connectivity index (χ1v) is 12.5. The third kappa shape index (κ3) is 4.56. The summed E-state index contributed by atoms with van der Waals surface area (Å²) < 4.78 is 0.742. The molecule has 0 radical (unpaired) electrons. The predicted octanol–water partition coefficient (Wildman–Crippen LogP) is 6.32. The van der Waals surface area contributed by atoms with Crippen LogP contribution in [-0.4, -0.2) is 23.5 Å². The lowest BCUT2D eigenvalue weighted by Crippen LogP contribution is -2.35. The zero-order valence-corrected chi connectivity index (χ0v) is 20.0. The van der Waals surface area contributed by atoms with Gasteiger partial charge in [-0.05, 0) is 70.5 Å². The monoisotopic (exact) mass is 463 g/mol. The molecule has 0 bridgehead atoms. The fraction of sp³-hybridized carbons (Fsp3) is 0.750. The SMILES string of the molecule is CCCCC1C(CCCC)(CCCC)C12CNC(C(=O)Nc1cccc(Br)n1)C2. The van der Waals surface area contributed by atoms with E-state index in [2.05, 4.69) is 52.3 Å². The lowest BCUT2D eigenvalue weighted by molar-refractivity contribution is -0.117. The van der Waals surface area contributed by atoms with Gasteiger partial charge >= 0.3 is 0 Å². The third-order valence-corrected chi connectivity index (χ3v) is 8.00. The van der Waals surface area contributed by atoms with Crippen molar-refractivity contribution >= 4 is 27.7 Å². The second-order valence-corrected chi connectivity index (χ2v) is 10.00. The van der Waals surface area contributed by atoms with E-state index in [1.54, 1.807) is 0 Å². The lowest BCUT2D eigenvalue weighted by atomic mass is 9.82. The molecule has 2 fully saturated rings. The number of pyridine rings is 1. The smallest absolute Gasteiger partial charge is 0.242 e. The van der Waals surface area contributed by atoms with Gasteiger partial charge in [0.15, 0.2) is 0 Å². The zero-order chi connectivity index (χ0) is 20.9. The summed E-state index contributed by atoms with van der Waals surface area (Å²) in [6, 6.07) is 5.52. The average molecular weight is 464 g/mol. The van der Waals surface area contributed by atoms with Gasteiger partial charge in [0, 0.05) is 6.54 Å². The van der Waals surface area contributed by atoms with Crippen LogP contribution >= 0.6 is 15.9 Å². The number of anilines is 1. The van der Waals surface area contributed by atoms with Crippen LogP contribution in [0.15, 0.2) is 22.8 Å². The standard InChI is InChI=1S/C24H38BrN3O/c1-4-7-11-19-23(14-8-5-2,15-9-6-3)24(19)16-18(26-17-24)22(29)28-21-13-10-12-20(25)27-21/h10,12-13,18-19,26H,4-9,11,14-17H2,1-3H3,(H,27,28,29). The van der Waals surface area contributed by atoms with Crippen LogP contribution in [0.4, 0.5) is 5.82 Å². The van der Waals surface area contributed by atoms with E-state index in [1.165, 1.54) is 57.8 Å². The minimum atomic E-state index is -0.106. The number of nitrogens with one attached hydrogen (secondary N) is 2. The van der Waals surface area contributed by atoms with Crippen LogP contribution in [0.3, 0.4) is 0 Å². The summed E-state index contributed by atoms with van der Waals surface area (Å²) in [4.78, 5) is 17.3. The molecule has 1 amide bonds. The minimum absolute atomic E-state index is 0.0634. The van der Waals surface area contributed by atoms with Crippen LogP contribution in [0, 0.1) is 16.7 Å². The molecule has 1 aromatic heterocycles. The summed E-state index contributed by atoms with van der Waals surface area (Å²) in [7, 11) is 0. The van der Waals surface area contributed by atoms with E-state index in [4.69, 9.17) is 0 Å². The molecule has 3 atom stereocenters. The number of carbonyl (C=O) groups is 1. The van der Waals surface area contributed by atoms with Crippen molar-refractivity contribution in [1.82, 2.24) is 10.3 Å². The topological polar surface area (TPSA) is 54.0 Å². The van der Waals surface area contributed by atoms with Gasteiger partial charge in [0.2, 0.25) is 5.91 Å². The average Bonchev–Trinajstić information content (AvgIpc) is 2.99. The molecule has 1 saturated carbocycles. The molecule has 1 saturated heterocycles. The number of rotatable bonds is 11. The Morgan fingerprint density at radius 1 is 1.17 bits per heavy atom. The Morgan fingerprint density at radius 3 is 2.48 bits per heavy atom. The van der Waals surface area contributed by atoms with Crippen molar-refractivity contribution < 1.29 is 4.79 Å². The molecule has 1 aliphatic carbocycles. The van der Waals surface area contributed by atoms with Crippen LogP contribution in [0.25, 0.3) is 0 Å². The molecule has 1 aromatic rings. The summed E-state index contributed by atoms with van der Waals surface area (Å²) in [5.41, 5.74) is 0.767. The van der Waals surface area contributed by atoms with E-state index in [0.717, 1.165) is 23.5 Å². The normalized spacial score (nSPS) is 27.3. The summed E-state index contributed by atoms with van der Waals surface area (Å²) in [5.74, 6) is 1.46. The molecule has 29 heavy (non-hydrogen) atoms. The van der Waals surface area contributed by atoms with E-state index in [1.807, 2.05) is 18.2 Å². The number of carbonyl (C=O) groups excluding carboxylic acids is 1. The van der Waals surface area contributed by atoms with E-state index < -0.39 is 0 Å². The molecule has 3 unspecified atom stereocenters. The Morgan fingerprint density at radius 2 is 1.86 bits per heavy atom. The predicted molar refractivity (Wildman–Crippen MR) is 124 cm³/mol. The Bertz CT molecular complexity index is 686. The summed E-state index contributed by atoms with van der Waals surface area (Å²) in [5, 5.41) is 6.63. The van der Waals surface area contributed by atoms with E-state index in [9.17, 15) is 4.79 Å². The molecule has 162 valence electrons. The molecule has 3 rings (SSSR count). The molecule has 1 spiro atoms. The number of amides is 1. The van der Waals surface area contributed by atoms with Gasteiger partial charge in [0.25, 0.3) is 0 Å². The highest BCUT2D eigenvalue weighted by Crippen LogP contribution is 2.78. The van der Waals surface area contributed by atoms with Gasteiger partial charge in [0.05, 0.1) is 6.04 Å². The molecule has 2 heterocycles. The van der Waals surface area contributed by atoms with Gasteiger partial charge in [-0.3, -0.25) is 4.79 Å².